The number of carbonyl (C=O) groups is 1. The molecular formula is C26H22ClNO2. The average molecular weight is 416 g/mol. The van der Waals surface area contributed by atoms with Gasteiger partial charge in [-0.25, -0.2) is 0 Å². The summed E-state index contributed by atoms with van der Waals surface area (Å²) in [5.41, 5.74) is 6.01. The predicted molar refractivity (Wildman–Crippen MR) is 123 cm³/mol. The van der Waals surface area contributed by atoms with E-state index in [0.29, 0.717) is 33.6 Å². The number of benzene rings is 3. The van der Waals surface area contributed by atoms with E-state index in [1.165, 1.54) is 11.6 Å². The van der Waals surface area contributed by atoms with E-state index >= 15 is 0 Å². The first-order valence-electron chi connectivity index (χ1n) is 9.84. The summed E-state index contributed by atoms with van der Waals surface area (Å²) in [7, 11) is 0. The van der Waals surface area contributed by atoms with Gasteiger partial charge >= 0.3 is 0 Å². The Balaban J connectivity index is 1.93. The minimum atomic E-state index is -0.205. The largest absolute Gasteiger partial charge is 0.304 e. The molecule has 3 aromatic carbocycles. The third-order valence-electron chi connectivity index (χ3n) is 5.51. The number of hydrogen-bond acceptors (Lipinski definition) is 2. The molecule has 0 unspecified atom stereocenters. The molecule has 0 bridgehead atoms. The van der Waals surface area contributed by atoms with Gasteiger partial charge in [0.15, 0.2) is 5.78 Å². The number of fused-ring (bicyclic) bond motifs is 1. The fraction of sp³-hybridized carbons (Fsp3) is 0.154. The van der Waals surface area contributed by atoms with E-state index < -0.39 is 0 Å². The van der Waals surface area contributed by atoms with Crippen LogP contribution in [-0.2, 0) is 6.54 Å². The van der Waals surface area contributed by atoms with Crippen LogP contribution in [0.5, 0.6) is 0 Å². The number of aryl methyl sites for hydroxylation is 3. The van der Waals surface area contributed by atoms with E-state index in [4.69, 9.17) is 11.6 Å². The van der Waals surface area contributed by atoms with E-state index in [1.807, 2.05) is 24.3 Å². The van der Waals surface area contributed by atoms with Crippen molar-refractivity contribution in [2.75, 3.05) is 0 Å². The number of ketones is 1. The number of carbonyl (C=O) groups excluding carboxylic acids is 1. The van der Waals surface area contributed by atoms with Gasteiger partial charge < -0.3 is 4.57 Å². The molecule has 30 heavy (non-hydrogen) atoms. The fourth-order valence-corrected chi connectivity index (χ4v) is 4.24. The first-order valence-corrected chi connectivity index (χ1v) is 10.2. The topological polar surface area (TPSA) is 39.1 Å². The first kappa shape index (κ1) is 20.1. The highest BCUT2D eigenvalue weighted by atomic mass is 35.5. The molecule has 0 amide bonds. The van der Waals surface area contributed by atoms with Crippen LogP contribution in [-0.4, -0.2) is 10.4 Å². The maximum atomic E-state index is 13.1. The highest BCUT2D eigenvalue weighted by molar-refractivity contribution is 6.31. The molecule has 150 valence electrons. The molecule has 4 aromatic rings. The predicted octanol–water partition coefficient (Wildman–Crippen LogP) is 5.86. The van der Waals surface area contributed by atoms with Gasteiger partial charge in [0.2, 0.25) is 0 Å². The molecule has 0 spiro atoms. The lowest BCUT2D eigenvalue weighted by Crippen LogP contribution is -2.23. The summed E-state index contributed by atoms with van der Waals surface area (Å²) in [6.07, 6.45) is 0. The van der Waals surface area contributed by atoms with Gasteiger partial charge in [-0.15, -0.1) is 0 Å². The Bertz CT molecular complexity index is 1310. The molecule has 4 heteroatoms. The summed E-state index contributed by atoms with van der Waals surface area (Å²) in [6.45, 7) is 6.63. The van der Waals surface area contributed by atoms with Gasteiger partial charge in [0.05, 0.1) is 12.1 Å². The lowest BCUT2D eigenvalue weighted by Gasteiger charge is -2.17. The third kappa shape index (κ3) is 3.69. The van der Waals surface area contributed by atoms with Gasteiger partial charge in [-0.2, -0.15) is 0 Å². The Hall–Kier alpha value is -3.17. The van der Waals surface area contributed by atoms with Crippen LogP contribution in [0.25, 0.3) is 10.9 Å². The van der Waals surface area contributed by atoms with Crippen molar-refractivity contribution in [3.05, 3.63) is 115 Å². The van der Waals surface area contributed by atoms with Gasteiger partial charge in [-0.1, -0.05) is 59.6 Å². The first-order chi connectivity index (χ1) is 14.3. The van der Waals surface area contributed by atoms with Crippen LogP contribution in [0.2, 0.25) is 5.02 Å². The molecule has 1 heterocycles. The number of pyridine rings is 1. The molecule has 0 aliphatic rings. The monoisotopic (exact) mass is 415 g/mol. The van der Waals surface area contributed by atoms with E-state index in [0.717, 1.165) is 16.7 Å². The third-order valence-corrected chi connectivity index (χ3v) is 5.75. The standard InChI is InChI=1S/C26H22ClNO2/c1-16-11-17(2)23(18(3)12-16)15-28-24-10-9-20(27)13-21(24)22(14-25(28)29)26(30)19-7-5-4-6-8-19/h4-14H,15H2,1-3H3. The van der Waals surface area contributed by atoms with E-state index in [2.05, 4.69) is 32.9 Å². The summed E-state index contributed by atoms with van der Waals surface area (Å²) in [6, 6.07) is 20.0. The lowest BCUT2D eigenvalue weighted by atomic mass is 9.98. The molecule has 3 nitrogen and oxygen atoms in total. The minimum absolute atomic E-state index is 0.185. The highest BCUT2D eigenvalue weighted by Crippen LogP contribution is 2.25. The zero-order valence-corrected chi connectivity index (χ0v) is 18.0. The van der Waals surface area contributed by atoms with Crippen LogP contribution in [0.15, 0.2) is 71.5 Å². The van der Waals surface area contributed by atoms with Crippen LogP contribution in [0.1, 0.15) is 38.2 Å². The van der Waals surface area contributed by atoms with E-state index in [1.54, 1.807) is 28.8 Å². The molecule has 0 aliphatic heterocycles. The van der Waals surface area contributed by atoms with Crippen LogP contribution in [0, 0.1) is 20.8 Å². The summed E-state index contributed by atoms with van der Waals surface area (Å²) in [5, 5.41) is 1.20. The Morgan fingerprint density at radius 1 is 0.900 bits per heavy atom. The molecule has 0 N–H and O–H groups in total. The zero-order chi connectivity index (χ0) is 21.4. The van der Waals surface area contributed by atoms with Gasteiger partial charge in [0.1, 0.15) is 0 Å². The molecule has 0 fully saturated rings. The maximum absolute atomic E-state index is 13.1. The van der Waals surface area contributed by atoms with Crippen LogP contribution in [0.3, 0.4) is 0 Å². The second-order valence-electron chi connectivity index (χ2n) is 7.72. The summed E-state index contributed by atoms with van der Waals surface area (Å²) in [5.74, 6) is -0.185. The van der Waals surface area contributed by atoms with Crippen molar-refractivity contribution in [2.45, 2.75) is 27.3 Å². The molecule has 1 aromatic heterocycles. The zero-order valence-electron chi connectivity index (χ0n) is 17.2. The Kier molecular flexibility index (Phi) is 5.31. The Morgan fingerprint density at radius 2 is 1.57 bits per heavy atom. The van der Waals surface area contributed by atoms with Crippen molar-refractivity contribution in [2.24, 2.45) is 0 Å². The smallest absolute Gasteiger partial charge is 0.252 e. The number of aromatic nitrogens is 1. The Labute approximate surface area is 180 Å². The average Bonchev–Trinajstić information content (AvgIpc) is 2.71. The van der Waals surface area contributed by atoms with Crippen LogP contribution >= 0.6 is 11.6 Å². The second kappa shape index (κ2) is 7.92. The SMILES string of the molecule is Cc1cc(C)c(Cn2c(=O)cc(C(=O)c3ccccc3)c3cc(Cl)ccc32)c(C)c1. The van der Waals surface area contributed by atoms with Crippen molar-refractivity contribution in [3.8, 4) is 0 Å². The van der Waals surface area contributed by atoms with Crippen molar-refractivity contribution < 1.29 is 4.79 Å². The van der Waals surface area contributed by atoms with Crippen molar-refractivity contribution in [1.82, 2.24) is 4.57 Å². The van der Waals surface area contributed by atoms with Crippen molar-refractivity contribution in [1.29, 1.82) is 0 Å². The molecule has 0 aliphatic carbocycles. The number of nitrogens with zero attached hydrogens (tertiary/aromatic N) is 1. The highest BCUT2D eigenvalue weighted by Gasteiger charge is 2.18. The van der Waals surface area contributed by atoms with E-state index in [9.17, 15) is 9.59 Å². The summed E-state index contributed by atoms with van der Waals surface area (Å²) < 4.78 is 1.72. The number of hydrogen-bond donors (Lipinski definition) is 0. The Morgan fingerprint density at radius 3 is 2.23 bits per heavy atom. The van der Waals surface area contributed by atoms with Gasteiger partial charge in [-0.05, 0) is 55.7 Å². The van der Waals surface area contributed by atoms with Crippen molar-refractivity contribution >= 4 is 28.3 Å². The van der Waals surface area contributed by atoms with Gasteiger partial charge in [0, 0.05) is 27.6 Å². The molecule has 0 atom stereocenters. The molecular weight excluding hydrogens is 394 g/mol. The molecule has 0 saturated carbocycles. The van der Waals surface area contributed by atoms with Crippen molar-refractivity contribution in [3.63, 3.8) is 0 Å². The van der Waals surface area contributed by atoms with Gasteiger partial charge in [-0.3, -0.25) is 9.59 Å². The normalized spacial score (nSPS) is 11.1. The summed E-state index contributed by atoms with van der Waals surface area (Å²) >= 11 is 6.26. The number of rotatable bonds is 4. The fourth-order valence-electron chi connectivity index (χ4n) is 4.07. The minimum Gasteiger partial charge on any atom is -0.304 e. The number of halogens is 1. The van der Waals surface area contributed by atoms with E-state index in [-0.39, 0.29) is 11.3 Å². The van der Waals surface area contributed by atoms with Crippen LogP contribution in [0.4, 0.5) is 0 Å². The summed E-state index contributed by atoms with van der Waals surface area (Å²) in [4.78, 5) is 26.3. The maximum Gasteiger partial charge on any atom is 0.252 e. The van der Waals surface area contributed by atoms with Gasteiger partial charge in [0.25, 0.3) is 5.56 Å². The quantitative estimate of drug-likeness (QED) is 0.391. The molecule has 0 radical (unpaired) electrons. The molecule has 4 rings (SSSR count). The lowest BCUT2D eigenvalue weighted by molar-refractivity contribution is 0.104. The second-order valence-corrected chi connectivity index (χ2v) is 8.15. The van der Waals surface area contributed by atoms with Crippen LogP contribution < -0.4 is 5.56 Å². The molecule has 0 saturated heterocycles.